The van der Waals surface area contributed by atoms with Crippen LogP contribution >= 0.6 is 0 Å². The molecule has 0 saturated heterocycles. The Bertz CT molecular complexity index is 716. The third-order valence-electron chi connectivity index (χ3n) is 2.86. The highest BCUT2D eigenvalue weighted by Crippen LogP contribution is 2.26. The summed E-state index contributed by atoms with van der Waals surface area (Å²) in [6.45, 7) is 1.92. The minimum Gasteiger partial charge on any atom is -0.457 e. The van der Waals surface area contributed by atoms with Gasteiger partial charge >= 0.3 is 0 Å². The molecule has 2 rings (SSSR count). The van der Waals surface area contributed by atoms with Crippen LogP contribution in [0.1, 0.15) is 6.92 Å². The summed E-state index contributed by atoms with van der Waals surface area (Å²) < 4.78 is 11.6. The molecule has 0 aliphatic carbocycles. The average molecular weight is 308 g/mol. The van der Waals surface area contributed by atoms with Gasteiger partial charge in [0.1, 0.15) is 23.0 Å². The summed E-state index contributed by atoms with van der Waals surface area (Å²) in [5, 5.41) is 0. The minimum absolute atomic E-state index is 0.674. The molecule has 0 aliphatic rings. The molecule has 0 amide bonds. The maximum Gasteiger partial charge on any atom is 0.131 e. The molecule has 0 spiro atoms. The first-order valence-corrected chi connectivity index (χ1v) is 7.24. The summed E-state index contributed by atoms with van der Waals surface area (Å²) in [5.41, 5.74) is 11.7. The molecule has 4 N–H and O–H groups in total. The zero-order chi connectivity index (χ0) is 16.5. The third-order valence-corrected chi connectivity index (χ3v) is 2.86. The number of rotatable bonds is 6. The Morgan fingerprint density at radius 3 is 2.43 bits per heavy atom. The van der Waals surface area contributed by atoms with Gasteiger partial charge in [-0.1, -0.05) is 12.1 Å². The Labute approximate surface area is 136 Å². The van der Waals surface area contributed by atoms with E-state index >= 15 is 0 Å². The molecule has 0 fully saturated rings. The highest BCUT2D eigenvalue weighted by Gasteiger charge is 2.02. The van der Waals surface area contributed by atoms with E-state index in [1.165, 1.54) is 6.20 Å². The maximum absolute atomic E-state index is 5.82. The Morgan fingerprint density at radius 1 is 1.00 bits per heavy atom. The van der Waals surface area contributed by atoms with E-state index in [1.807, 2.05) is 55.5 Å². The molecule has 23 heavy (non-hydrogen) atoms. The van der Waals surface area contributed by atoms with Crippen LogP contribution in [0.4, 0.5) is 5.69 Å². The van der Waals surface area contributed by atoms with E-state index in [2.05, 4.69) is 0 Å². The van der Waals surface area contributed by atoms with Gasteiger partial charge in [-0.25, -0.2) is 0 Å². The quantitative estimate of drug-likeness (QED) is 0.472. The molecule has 4 nitrogen and oxygen atoms in total. The van der Waals surface area contributed by atoms with Crippen LogP contribution in [0.15, 0.2) is 84.8 Å². The standard InChI is InChI=1S/C19H20N2O2/c1-2-5-16(8-4-13-20)22-18-6-3-7-19(14-18)23-17-11-9-15(21)10-12-17/h2-14H,20-21H2,1H3/b5-2-,13-4+,16-8+. The molecule has 2 aromatic carbocycles. The minimum atomic E-state index is 0.674. The van der Waals surface area contributed by atoms with Crippen molar-refractivity contribution in [1.29, 1.82) is 0 Å². The molecule has 0 heterocycles. The van der Waals surface area contributed by atoms with E-state index in [9.17, 15) is 0 Å². The monoisotopic (exact) mass is 308 g/mol. The fourth-order valence-corrected chi connectivity index (χ4v) is 1.85. The van der Waals surface area contributed by atoms with Crippen LogP contribution in [-0.4, -0.2) is 0 Å². The molecule has 0 radical (unpaired) electrons. The molecule has 0 aromatic heterocycles. The summed E-state index contributed by atoms with van der Waals surface area (Å²) in [7, 11) is 0. The molecular formula is C19H20N2O2. The number of nitrogens with two attached hydrogens (primary N) is 2. The van der Waals surface area contributed by atoms with Crippen molar-refractivity contribution in [3.8, 4) is 17.2 Å². The van der Waals surface area contributed by atoms with Gasteiger partial charge in [0.25, 0.3) is 0 Å². The highest BCUT2D eigenvalue weighted by molar-refractivity contribution is 5.44. The van der Waals surface area contributed by atoms with Crippen LogP contribution < -0.4 is 20.9 Å². The molecule has 0 aliphatic heterocycles. The van der Waals surface area contributed by atoms with E-state index < -0.39 is 0 Å². The Balaban J connectivity index is 2.14. The molecule has 0 saturated carbocycles. The molecule has 2 aromatic rings. The summed E-state index contributed by atoms with van der Waals surface area (Å²) in [5.74, 6) is 2.75. The average Bonchev–Trinajstić information content (AvgIpc) is 2.55. The smallest absolute Gasteiger partial charge is 0.131 e. The molecule has 0 atom stereocenters. The second-order valence-corrected chi connectivity index (χ2v) is 4.70. The second kappa shape index (κ2) is 8.34. The maximum atomic E-state index is 5.82. The van der Waals surface area contributed by atoms with Gasteiger partial charge in [-0.05, 0) is 67.7 Å². The lowest BCUT2D eigenvalue weighted by Gasteiger charge is -2.09. The van der Waals surface area contributed by atoms with E-state index in [-0.39, 0.29) is 0 Å². The lowest BCUT2D eigenvalue weighted by atomic mass is 10.3. The predicted octanol–water partition coefficient (Wildman–Crippen LogP) is 4.37. The van der Waals surface area contributed by atoms with Crippen molar-refractivity contribution >= 4 is 5.69 Å². The number of ether oxygens (including phenoxy) is 2. The first kappa shape index (κ1) is 16.2. The van der Waals surface area contributed by atoms with Crippen molar-refractivity contribution in [2.45, 2.75) is 6.92 Å². The number of allylic oxidation sites excluding steroid dienone is 4. The lowest BCUT2D eigenvalue weighted by Crippen LogP contribution is -1.93. The van der Waals surface area contributed by atoms with Crippen LogP contribution in [-0.2, 0) is 0 Å². The molecular weight excluding hydrogens is 288 g/mol. The van der Waals surface area contributed by atoms with Crippen molar-refractivity contribution in [3.05, 3.63) is 84.8 Å². The summed E-state index contributed by atoms with van der Waals surface area (Å²) in [6.07, 6.45) is 8.70. The lowest BCUT2D eigenvalue weighted by molar-refractivity contribution is 0.435. The number of hydrogen-bond acceptors (Lipinski definition) is 4. The predicted molar refractivity (Wildman–Crippen MR) is 94.2 cm³/mol. The highest BCUT2D eigenvalue weighted by atomic mass is 16.5. The first-order chi connectivity index (χ1) is 11.2. The number of benzene rings is 2. The number of hydrogen-bond donors (Lipinski definition) is 2. The van der Waals surface area contributed by atoms with Crippen LogP contribution in [0.25, 0.3) is 0 Å². The third kappa shape index (κ3) is 5.28. The molecule has 4 heteroatoms. The SMILES string of the molecule is C\C=C/C(=C\C=C\N)Oc1cccc(Oc2ccc(N)cc2)c1. The summed E-state index contributed by atoms with van der Waals surface area (Å²) >= 11 is 0. The van der Waals surface area contributed by atoms with E-state index in [0.717, 1.165) is 0 Å². The van der Waals surface area contributed by atoms with Gasteiger partial charge in [0.05, 0.1) is 0 Å². The summed E-state index contributed by atoms with van der Waals surface area (Å²) in [4.78, 5) is 0. The van der Waals surface area contributed by atoms with E-state index in [1.54, 1.807) is 24.3 Å². The van der Waals surface area contributed by atoms with Crippen LogP contribution in [0.2, 0.25) is 0 Å². The topological polar surface area (TPSA) is 70.5 Å². The number of anilines is 1. The van der Waals surface area contributed by atoms with Crippen molar-refractivity contribution in [2.75, 3.05) is 5.73 Å². The van der Waals surface area contributed by atoms with E-state index in [0.29, 0.717) is 28.7 Å². The zero-order valence-corrected chi connectivity index (χ0v) is 13.0. The fraction of sp³-hybridized carbons (Fsp3) is 0.0526. The van der Waals surface area contributed by atoms with Gasteiger partial charge in [-0.3, -0.25) is 0 Å². The largest absolute Gasteiger partial charge is 0.457 e. The van der Waals surface area contributed by atoms with Gasteiger partial charge < -0.3 is 20.9 Å². The van der Waals surface area contributed by atoms with E-state index in [4.69, 9.17) is 20.9 Å². The van der Waals surface area contributed by atoms with Crippen LogP contribution in [0, 0.1) is 0 Å². The van der Waals surface area contributed by atoms with Crippen LogP contribution in [0.3, 0.4) is 0 Å². The molecule has 0 unspecified atom stereocenters. The molecule has 118 valence electrons. The van der Waals surface area contributed by atoms with Crippen molar-refractivity contribution in [2.24, 2.45) is 5.73 Å². The van der Waals surface area contributed by atoms with Crippen LogP contribution in [0.5, 0.6) is 17.2 Å². The van der Waals surface area contributed by atoms with Crippen molar-refractivity contribution < 1.29 is 9.47 Å². The normalized spacial score (nSPS) is 12.0. The fourth-order valence-electron chi connectivity index (χ4n) is 1.85. The Hall–Kier alpha value is -3.14. The Kier molecular flexibility index (Phi) is 5.89. The van der Waals surface area contributed by atoms with Gasteiger partial charge in [-0.2, -0.15) is 0 Å². The van der Waals surface area contributed by atoms with Gasteiger partial charge in [0, 0.05) is 11.8 Å². The molecule has 0 bridgehead atoms. The van der Waals surface area contributed by atoms with Gasteiger partial charge in [0.15, 0.2) is 0 Å². The summed E-state index contributed by atoms with van der Waals surface area (Å²) in [6, 6.07) is 14.6. The van der Waals surface area contributed by atoms with Crippen molar-refractivity contribution in [3.63, 3.8) is 0 Å². The second-order valence-electron chi connectivity index (χ2n) is 4.70. The van der Waals surface area contributed by atoms with Crippen molar-refractivity contribution in [1.82, 2.24) is 0 Å². The van der Waals surface area contributed by atoms with Gasteiger partial charge in [-0.15, -0.1) is 0 Å². The Morgan fingerprint density at radius 2 is 1.74 bits per heavy atom. The number of nitrogen functional groups attached to an aromatic ring is 1. The first-order valence-electron chi connectivity index (χ1n) is 7.24. The zero-order valence-electron chi connectivity index (χ0n) is 13.0. The van der Waals surface area contributed by atoms with Gasteiger partial charge in [0.2, 0.25) is 0 Å².